The molecule has 7 atom stereocenters. The molecule has 10 aromatic heterocycles. The summed E-state index contributed by atoms with van der Waals surface area (Å²) in [4.78, 5) is 24.2. The zero-order valence-corrected chi connectivity index (χ0v) is 84.6. The van der Waals surface area contributed by atoms with E-state index in [1.807, 2.05) is 69.2 Å². The van der Waals surface area contributed by atoms with Gasteiger partial charge in [0.05, 0.1) is 82.5 Å². The lowest BCUT2D eigenvalue weighted by molar-refractivity contribution is -0.0588. The Morgan fingerprint density at radius 2 is 0.646 bits per heavy atom. The Morgan fingerprint density at radius 1 is 0.315 bits per heavy atom. The van der Waals surface area contributed by atoms with Gasteiger partial charge in [-0.1, -0.05) is 178 Å². The molecule has 17 heterocycles. The molecular formula is C112H125N5O2S8. The Kier molecular flexibility index (Phi) is 19.3. The van der Waals surface area contributed by atoms with Crippen LogP contribution in [0.5, 0.6) is 0 Å². The van der Waals surface area contributed by atoms with Gasteiger partial charge in [0.1, 0.15) is 0 Å². The largest absolute Gasteiger partial charge is 0.454 e. The van der Waals surface area contributed by atoms with Crippen molar-refractivity contribution in [2.75, 3.05) is 24.5 Å². The summed E-state index contributed by atoms with van der Waals surface area (Å²) in [7, 11) is 0. The van der Waals surface area contributed by atoms with E-state index in [2.05, 4.69) is 353 Å². The second-order valence-corrected chi connectivity index (χ2v) is 51.5. The lowest BCUT2D eigenvalue weighted by Gasteiger charge is -2.63. The highest BCUT2D eigenvalue weighted by atomic mass is 32.2. The van der Waals surface area contributed by atoms with Crippen LogP contribution in [0.3, 0.4) is 0 Å². The predicted molar refractivity (Wildman–Crippen MR) is 550 cm³/mol. The topological polar surface area (TPSA) is 42.5 Å². The number of rotatable bonds is 3. The van der Waals surface area contributed by atoms with Crippen LogP contribution in [0.15, 0.2) is 177 Å². The van der Waals surface area contributed by atoms with E-state index in [-0.39, 0.29) is 49.4 Å². The van der Waals surface area contributed by atoms with Crippen LogP contribution in [0.1, 0.15) is 315 Å². The molecule has 0 radical (unpaired) electrons. The van der Waals surface area contributed by atoms with Crippen molar-refractivity contribution in [2.45, 2.75) is 297 Å². The summed E-state index contributed by atoms with van der Waals surface area (Å²) in [6.45, 7) is 47.9. The normalized spacial score (nSPS) is 28.2. The number of hydrogen-bond acceptors (Lipinski definition) is 15. The molecule has 15 heteroatoms. The molecule has 7 aliphatic heterocycles. The molecule has 6 fully saturated rings. The molecule has 7 nitrogen and oxygen atoms in total. The molecular weight excluding hydrogens is 1700 g/mol. The minimum absolute atomic E-state index is 0.0581. The molecule has 5 aromatic carbocycles. The third kappa shape index (κ3) is 11.0. The van der Waals surface area contributed by atoms with E-state index in [1.165, 1.54) is 208 Å². The lowest BCUT2D eigenvalue weighted by Crippen LogP contribution is -2.62. The first-order chi connectivity index (χ1) is 60.9. The number of hydrogen-bond donors (Lipinski definition) is 0. The Bertz CT molecular complexity index is 6670. The van der Waals surface area contributed by atoms with Gasteiger partial charge in [-0.25, -0.2) is 0 Å². The second-order valence-electron chi connectivity index (χ2n) is 43.0. The molecule has 6 aliphatic carbocycles. The van der Waals surface area contributed by atoms with Gasteiger partial charge in [0.15, 0.2) is 9.79 Å². The first-order valence-electron chi connectivity index (χ1n) is 47.8. The van der Waals surface area contributed by atoms with Gasteiger partial charge in [-0.2, -0.15) is 0 Å². The first-order valence-corrected chi connectivity index (χ1v) is 54.5. The highest BCUT2D eigenvalue weighted by Crippen LogP contribution is 2.75. The SMILES string of the molecule is Cc1cccc2c1N1C(C)c3c(sc4occc34)C1(C)C(C)(C)C2(C)C.Cc1cccc2c1N1C(C)c3c(sc4occc34)C1(C)C(C)(C)C2(C)C.Cc1ccccc1N1C(C)c2c(sc3sccc23)C12C1CC3CC(C1)CC2C3.Cc1ccccc1N1C(C)c2c(sc3sccc23)C12CCCC2.Cc1ccccc1N1C(C)c2c(sc3sccc23)C12CCCCC2. The average Bonchev–Trinajstić information content (AvgIpc) is 1.57. The van der Waals surface area contributed by atoms with Gasteiger partial charge in [0.25, 0.3) is 0 Å². The van der Waals surface area contributed by atoms with Crippen molar-refractivity contribution < 1.29 is 8.83 Å². The fourth-order valence-corrected chi connectivity index (χ4v) is 40.3. The lowest BCUT2D eigenvalue weighted by atomic mass is 9.48. The monoisotopic (exact) mass is 1830 g/mol. The molecule has 13 aliphatic rings. The third-order valence-electron chi connectivity index (χ3n) is 36.7. The van der Waals surface area contributed by atoms with Crippen molar-refractivity contribution in [1.82, 2.24) is 0 Å². The maximum absolute atomic E-state index is 5.80. The number of fused-ring (bicyclic) bond motifs is 25. The average molecular weight is 1830 g/mol. The molecule has 3 spiro atoms. The van der Waals surface area contributed by atoms with Gasteiger partial charge >= 0.3 is 0 Å². The molecule has 4 bridgehead atoms. The van der Waals surface area contributed by atoms with Crippen LogP contribution in [-0.2, 0) is 38.5 Å². The number of anilines is 5. The van der Waals surface area contributed by atoms with Crippen LogP contribution in [0.4, 0.5) is 28.4 Å². The number of nitrogens with zero attached hydrogens (tertiary/aromatic N) is 5. The molecule has 15 aromatic rings. The highest BCUT2D eigenvalue weighted by molar-refractivity contribution is 7.39. The molecule has 6 saturated carbocycles. The number of aryl methyl sites for hydroxylation is 5. The molecule has 0 amide bonds. The number of benzene rings is 5. The van der Waals surface area contributed by atoms with Crippen LogP contribution in [0, 0.1) is 69.1 Å². The van der Waals surface area contributed by atoms with Gasteiger partial charge in [0.2, 0.25) is 0 Å². The van der Waals surface area contributed by atoms with E-state index in [0.717, 1.165) is 33.5 Å². The minimum atomic E-state index is -0.0590. The third-order valence-corrected chi connectivity index (χ3v) is 46.6. The van der Waals surface area contributed by atoms with Crippen LogP contribution in [-0.4, -0.2) is 0 Å². The number of furan rings is 2. The van der Waals surface area contributed by atoms with Gasteiger partial charge < -0.3 is 33.3 Å². The van der Waals surface area contributed by atoms with Crippen molar-refractivity contribution in [3.63, 3.8) is 0 Å². The summed E-state index contributed by atoms with van der Waals surface area (Å²) < 4.78 is 16.2. The van der Waals surface area contributed by atoms with E-state index in [9.17, 15) is 0 Å². The van der Waals surface area contributed by atoms with Crippen LogP contribution < -0.4 is 24.5 Å². The Morgan fingerprint density at radius 3 is 1.04 bits per heavy atom. The molecule has 127 heavy (non-hydrogen) atoms. The number of thiophene rings is 8. The van der Waals surface area contributed by atoms with Crippen molar-refractivity contribution in [1.29, 1.82) is 0 Å². The minimum Gasteiger partial charge on any atom is -0.454 e. The fraction of sp³-hybridized carbons (Fsp3) is 0.464. The van der Waals surface area contributed by atoms with E-state index in [1.54, 1.807) is 40.7 Å². The van der Waals surface area contributed by atoms with E-state index in [0.29, 0.717) is 30.2 Å². The Balaban J connectivity index is 0.0000000912. The van der Waals surface area contributed by atoms with Crippen molar-refractivity contribution >= 4 is 168 Å². The fourth-order valence-electron chi connectivity index (χ4n) is 29.4. The first kappa shape index (κ1) is 83.9. The zero-order chi connectivity index (χ0) is 87.8. The molecule has 7 unspecified atom stereocenters. The highest BCUT2D eigenvalue weighted by Gasteiger charge is 2.69. The van der Waals surface area contributed by atoms with Crippen molar-refractivity contribution in [3.05, 3.63) is 259 Å². The van der Waals surface area contributed by atoms with E-state index < -0.39 is 0 Å². The maximum Gasteiger partial charge on any atom is 0.188 e. The van der Waals surface area contributed by atoms with E-state index >= 15 is 0 Å². The molecule has 0 N–H and O–H groups in total. The van der Waals surface area contributed by atoms with Crippen LogP contribution in [0.25, 0.3) is 48.8 Å². The van der Waals surface area contributed by atoms with Gasteiger partial charge in [-0.15, -0.1) is 90.7 Å². The zero-order valence-electron chi connectivity index (χ0n) is 78.1. The Hall–Kier alpha value is -7.44. The van der Waals surface area contributed by atoms with Gasteiger partial charge in [-0.3, -0.25) is 0 Å². The standard InChI is InChI=1S/C25H27NS2.2C23H27NOS.C21H23NS2.C20H21NS2/c1-14-5-3-4-6-21(14)26-15(2)22-20-7-8-27-24(20)28-23(22)25(26)18-10-16-9-17(12-18)13-19(25)11-16;2*1-13-9-8-10-16-18(13)24-14(2)17-15-11-12-25-20(15)26-19(17)23(24,7)22(5,6)21(16,3)4;1-14-8-4-5-9-17(14)22-15(2)18-16-10-13-23-20(16)24-19(18)21(22)11-6-3-7-12-21;1-13-7-3-4-8-16(13)21-14(2)17-15-9-12-22-19(15)23-18(17)20(21)10-5-6-11-20/h3-8,15-19H,9-13H2,1-2H3;2*8-12,14H,1-7H3;4-5,8-10,13,15H,3,6-7,11-12H2,1-2H3;3-4,7-9,12,14H,5-6,10-11H2,1-2H3. The summed E-state index contributed by atoms with van der Waals surface area (Å²) in [5, 5.41) is 14.0. The van der Waals surface area contributed by atoms with Crippen LogP contribution >= 0.6 is 90.7 Å². The van der Waals surface area contributed by atoms with Crippen LogP contribution in [0.2, 0.25) is 0 Å². The molecule has 0 saturated heterocycles. The Labute approximate surface area is 785 Å². The predicted octanol–water partition coefficient (Wildman–Crippen LogP) is 35.0. The summed E-state index contributed by atoms with van der Waals surface area (Å²) >= 11 is 15.8. The quantitative estimate of drug-likeness (QED) is 0.175. The summed E-state index contributed by atoms with van der Waals surface area (Å²) in [6.07, 6.45) is 23.1. The van der Waals surface area contributed by atoms with E-state index in [4.69, 9.17) is 8.83 Å². The smallest absolute Gasteiger partial charge is 0.188 e. The van der Waals surface area contributed by atoms with Crippen molar-refractivity contribution in [2.24, 2.45) is 34.5 Å². The number of para-hydroxylation sites is 5. The van der Waals surface area contributed by atoms with Crippen molar-refractivity contribution in [3.8, 4) is 0 Å². The summed E-state index contributed by atoms with van der Waals surface area (Å²) in [5.74, 6) is 3.71. The second kappa shape index (κ2) is 29.3. The molecule has 28 rings (SSSR count). The summed E-state index contributed by atoms with van der Waals surface area (Å²) in [6, 6.07) is 54.3. The summed E-state index contributed by atoms with van der Waals surface area (Å²) in [5.41, 5.74) is 26.0. The van der Waals surface area contributed by atoms with Gasteiger partial charge in [-0.05, 0) is 296 Å². The maximum atomic E-state index is 5.80. The molecule has 658 valence electrons. The van der Waals surface area contributed by atoms with Gasteiger partial charge in [0, 0.05) is 102 Å².